The van der Waals surface area contributed by atoms with E-state index in [4.69, 9.17) is 11.6 Å². The van der Waals surface area contributed by atoms with Crippen LogP contribution in [0.5, 0.6) is 0 Å². The summed E-state index contributed by atoms with van der Waals surface area (Å²) in [6.07, 6.45) is 6.89. The highest BCUT2D eigenvalue weighted by Gasteiger charge is 2.17. The molecule has 4 heteroatoms. The molecule has 0 unspecified atom stereocenters. The molecule has 0 aliphatic heterocycles. The van der Waals surface area contributed by atoms with Gasteiger partial charge < -0.3 is 9.88 Å². The van der Waals surface area contributed by atoms with Gasteiger partial charge in [-0.05, 0) is 19.8 Å². The molecule has 1 fully saturated rings. The molecule has 0 aromatic carbocycles. The zero-order valence-corrected chi connectivity index (χ0v) is 9.22. The second kappa shape index (κ2) is 4.22. The van der Waals surface area contributed by atoms with Crippen molar-refractivity contribution in [3.8, 4) is 0 Å². The summed E-state index contributed by atoms with van der Waals surface area (Å²) in [5.41, 5.74) is 0. The maximum Gasteiger partial charge on any atom is 0.204 e. The number of nitrogens with zero attached hydrogens (tertiary/aromatic N) is 2. The average Bonchev–Trinajstić information content (AvgIpc) is 2.77. The van der Waals surface area contributed by atoms with Gasteiger partial charge in [0, 0.05) is 12.6 Å². The van der Waals surface area contributed by atoms with E-state index in [0.29, 0.717) is 11.2 Å². The van der Waals surface area contributed by atoms with Crippen LogP contribution in [0.15, 0.2) is 6.20 Å². The van der Waals surface area contributed by atoms with Gasteiger partial charge >= 0.3 is 0 Å². The molecule has 14 heavy (non-hydrogen) atoms. The van der Waals surface area contributed by atoms with Gasteiger partial charge in [0.2, 0.25) is 5.95 Å². The first-order valence-electron chi connectivity index (χ1n) is 5.29. The number of hydrogen-bond donors (Lipinski definition) is 1. The molecule has 1 aromatic heterocycles. The van der Waals surface area contributed by atoms with Crippen molar-refractivity contribution in [3.63, 3.8) is 0 Å². The number of imidazole rings is 1. The predicted octanol–water partition coefficient (Wildman–Crippen LogP) is 2.91. The van der Waals surface area contributed by atoms with Crippen LogP contribution in [0.2, 0.25) is 5.15 Å². The zero-order chi connectivity index (χ0) is 9.97. The average molecular weight is 214 g/mol. The van der Waals surface area contributed by atoms with Gasteiger partial charge in [-0.2, -0.15) is 0 Å². The Hall–Kier alpha value is -0.700. The Kier molecular flexibility index (Phi) is 2.96. The van der Waals surface area contributed by atoms with Crippen molar-refractivity contribution in [2.75, 3.05) is 5.32 Å². The Morgan fingerprint density at radius 2 is 2.29 bits per heavy atom. The maximum absolute atomic E-state index is 5.99. The van der Waals surface area contributed by atoms with Gasteiger partial charge in [0.25, 0.3) is 0 Å². The molecule has 1 N–H and O–H groups in total. The van der Waals surface area contributed by atoms with Crippen molar-refractivity contribution in [2.24, 2.45) is 0 Å². The molecule has 1 saturated carbocycles. The summed E-state index contributed by atoms with van der Waals surface area (Å²) in [7, 11) is 0. The SMILES string of the molecule is CCn1c(Cl)cnc1NC1CCCC1. The number of anilines is 1. The molecule has 78 valence electrons. The molecular weight excluding hydrogens is 198 g/mol. The standard InChI is InChI=1S/C10H16ClN3/c1-2-14-9(11)7-12-10(14)13-8-5-3-4-6-8/h7-8H,2-6H2,1H3,(H,12,13). The lowest BCUT2D eigenvalue weighted by atomic mass is 10.2. The van der Waals surface area contributed by atoms with Gasteiger partial charge in [-0.1, -0.05) is 24.4 Å². The normalized spacial score (nSPS) is 17.6. The molecule has 1 aromatic rings. The van der Waals surface area contributed by atoms with Crippen molar-refractivity contribution < 1.29 is 0 Å². The molecule has 0 saturated heterocycles. The van der Waals surface area contributed by atoms with E-state index in [1.165, 1.54) is 25.7 Å². The summed E-state index contributed by atoms with van der Waals surface area (Å²) < 4.78 is 2.00. The third kappa shape index (κ3) is 1.87. The number of halogens is 1. The lowest BCUT2D eigenvalue weighted by Crippen LogP contribution is -2.18. The minimum absolute atomic E-state index is 0.596. The Morgan fingerprint density at radius 1 is 1.57 bits per heavy atom. The summed E-state index contributed by atoms with van der Waals surface area (Å²) in [4.78, 5) is 4.27. The Bertz CT molecular complexity index is 302. The van der Waals surface area contributed by atoms with Crippen LogP contribution in [0, 0.1) is 0 Å². The van der Waals surface area contributed by atoms with Crippen LogP contribution in [-0.2, 0) is 6.54 Å². The van der Waals surface area contributed by atoms with Gasteiger partial charge in [0.1, 0.15) is 5.15 Å². The fraction of sp³-hybridized carbons (Fsp3) is 0.700. The minimum Gasteiger partial charge on any atom is -0.353 e. The molecule has 3 nitrogen and oxygen atoms in total. The van der Waals surface area contributed by atoms with Gasteiger partial charge in [-0.3, -0.25) is 0 Å². The van der Waals surface area contributed by atoms with E-state index >= 15 is 0 Å². The summed E-state index contributed by atoms with van der Waals surface area (Å²) >= 11 is 5.99. The van der Waals surface area contributed by atoms with E-state index < -0.39 is 0 Å². The molecule has 0 amide bonds. The minimum atomic E-state index is 0.596. The molecule has 2 rings (SSSR count). The van der Waals surface area contributed by atoms with Gasteiger partial charge in [0.15, 0.2) is 0 Å². The fourth-order valence-corrected chi connectivity index (χ4v) is 2.27. The number of hydrogen-bond acceptors (Lipinski definition) is 2. The zero-order valence-electron chi connectivity index (χ0n) is 8.46. The van der Waals surface area contributed by atoms with E-state index in [0.717, 1.165) is 12.5 Å². The highest BCUT2D eigenvalue weighted by molar-refractivity contribution is 6.29. The van der Waals surface area contributed by atoms with E-state index in [1.54, 1.807) is 6.20 Å². The summed E-state index contributed by atoms with van der Waals surface area (Å²) in [5, 5.41) is 4.16. The van der Waals surface area contributed by atoms with Crippen molar-refractivity contribution >= 4 is 17.5 Å². The van der Waals surface area contributed by atoms with Crippen LogP contribution >= 0.6 is 11.6 Å². The summed E-state index contributed by atoms with van der Waals surface area (Å²) in [6, 6.07) is 0.596. The van der Waals surface area contributed by atoms with Gasteiger partial charge in [0.05, 0.1) is 6.20 Å². The number of rotatable bonds is 3. The van der Waals surface area contributed by atoms with Crippen LogP contribution < -0.4 is 5.32 Å². The highest BCUT2D eigenvalue weighted by atomic mass is 35.5. The molecular formula is C10H16ClN3. The second-order valence-electron chi connectivity index (χ2n) is 3.77. The summed E-state index contributed by atoms with van der Waals surface area (Å²) in [5.74, 6) is 0.921. The molecule has 0 bridgehead atoms. The van der Waals surface area contributed by atoms with Crippen LogP contribution in [0.25, 0.3) is 0 Å². The third-order valence-corrected chi connectivity index (χ3v) is 3.11. The first kappa shape index (κ1) is 9.84. The number of nitrogens with one attached hydrogen (secondary N) is 1. The van der Waals surface area contributed by atoms with E-state index in [9.17, 15) is 0 Å². The molecule has 1 aliphatic rings. The molecule has 0 spiro atoms. The largest absolute Gasteiger partial charge is 0.353 e. The monoisotopic (exact) mass is 213 g/mol. The first-order chi connectivity index (χ1) is 6.81. The van der Waals surface area contributed by atoms with Crippen molar-refractivity contribution in [3.05, 3.63) is 11.3 Å². The topological polar surface area (TPSA) is 29.9 Å². The molecule has 1 heterocycles. The molecule has 0 atom stereocenters. The molecule has 0 radical (unpaired) electrons. The van der Waals surface area contributed by atoms with E-state index in [2.05, 4.69) is 17.2 Å². The lowest BCUT2D eigenvalue weighted by molar-refractivity contribution is 0.706. The Morgan fingerprint density at radius 3 is 2.93 bits per heavy atom. The lowest BCUT2D eigenvalue weighted by Gasteiger charge is -2.13. The van der Waals surface area contributed by atoms with E-state index in [1.807, 2.05) is 4.57 Å². The Labute approximate surface area is 89.5 Å². The Balaban J connectivity index is 2.07. The van der Waals surface area contributed by atoms with Gasteiger partial charge in [-0.25, -0.2) is 4.98 Å². The fourth-order valence-electron chi connectivity index (χ4n) is 2.02. The third-order valence-electron chi connectivity index (χ3n) is 2.81. The highest BCUT2D eigenvalue weighted by Crippen LogP contribution is 2.23. The van der Waals surface area contributed by atoms with Crippen LogP contribution in [0.3, 0.4) is 0 Å². The molecule has 1 aliphatic carbocycles. The van der Waals surface area contributed by atoms with E-state index in [-0.39, 0.29) is 0 Å². The van der Waals surface area contributed by atoms with Crippen molar-refractivity contribution in [2.45, 2.75) is 45.2 Å². The smallest absolute Gasteiger partial charge is 0.204 e. The predicted molar refractivity (Wildman–Crippen MR) is 58.8 cm³/mol. The van der Waals surface area contributed by atoms with Crippen LogP contribution in [0.1, 0.15) is 32.6 Å². The second-order valence-corrected chi connectivity index (χ2v) is 4.16. The first-order valence-corrected chi connectivity index (χ1v) is 5.66. The number of aromatic nitrogens is 2. The van der Waals surface area contributed by atoms with Crippen LogP contribution in [-0.4, -0.2) is 15.6 Å². The maximum atomic E-state index is 5.99. The van der Waals surface area contributed by atoms with Crippen molar-refractivity contribution in [1.82, 2.24) is 9.55 Å². The summed E-state index contributed by atoms with van der Waals surface area (Å²) in [6.45, 7) is 2.95. The quantitative estimate of drug-likeness (QED) is 0.837. The van der Waals surface area contributed by atoms with Crippen molar-refractivity contribution in [1.29, 1.82) is 0 Å². The van der Waals surface area contributed by atoms with Gasteiger partial charge in [-0.15, -0.1) is 0 Å². The van der Waals surface area contributed by atoms with Crippen LogP contribution in [0.4, 0.5) is 5.95 Å².